The molecule has 1 N–H and O–H groups in total. The number of likely N-dealkylation sites (tertiary alicyclic amines) is 1. The third kappa shape index (κ3) is 5.82. The predicted octanol–water partition coefficient (Wildman–Crippen LogP) is 3.80. The number of rotatable bonds is 6. The molecule has 4 nitrogen and oxygen atoms in total. The lowest BCUT2D eigenvalue weighted by Crippen LogP contribution is -2.43. The highest BCUT2D eigenvalue weighted by molar-refractivity contribution is 5.89. The molecule has 1 heterocycles. The molecule has 1 aliphatic heterocycles. The first-order valence-electron chi connectivity index (χ1n) is 8.58. The van der Waals surface area contributed by atoms with Gasteiger partial charge in [0.1, 0.15) is 5.82 Å². The van der Waals surface area contributed by atoms with E-state index in [-0.39, 0.29) is 11.8 Å². The zero-order valence-corrected chi connectivity index (χ0v) is 14.2. The summed E-state index contributed by atoms with van der Waals surface area (Å²) in [5, 5.41) is 2.83. The van der Waals surface area contributed by atoms with Crippen molar-refractivity contribution < 1.29 is 9.18 Å². The second-order valence-electron chi connectivity index (χ2n) is 6.48. The van der Waals surface area contributed by atoms with E-state index in [0.717, 1.165) is 39.0 Å². The molecule has 2 amide bonds. The number of amides is 2. The quantitative estimate of drug-likeness (QED) is 0.865. The molecule has 0 saturated carbocycles. The van der Waals surface area contributed by atoms with Crippen LogP contribution in [-0.2, 0) is 0 Å². The largest absolute Gasteiger partial charge is 0.325 e. The second kappa shape index (κ2) is 8.87. The van der Waals surface area contributed by atoms with Crippen molar-refractivity contribution in [1.82, 2.24) is 9.80 Å². The molecule has 0 radical (unpaired) electrons. The lowest BCUT2D eigenvalue weighted by molar-refractivity contribution is 0.163. The number of carbonyl (C=O) groups is 1. The van der Waals surface area contributed by atoms with Crippen molar-refractivity contribution in [3.05, 3.63) is 30.1 Å². The molecule has 1 fully saturated rings. The fourth-order valence-corrected chi connectivity index (χ4v) is 3.01. The molecule has 0 bridgehead atoms. The van der Waals surface area contributed by atoms with Gasteiger partial charge in [-0.05, 0) is 63.0 Å². The van der Waals surface area contributed by atoms with Crippen LogP contribution < -0.4 is 5.32 Å². The third-order valence-corrected chi connectivity index (χ3v) is 4.46. The molecule has 5 heteroatoms. The maximum absolute atomic E-state index is 12.9. The molecule has 2 rings (SSSR count). The van der Waals surface area contributed by atoms with E-state index in [1.54, 1.807) is 12.1 Å². The molecule has 1 aliphatic rings. The van der Waals surface area contributed by atoms with E-state index in [0.29, 0.717) is 11.6 Å². The summed E-state index contributed by atoms with van der Waals surface area (Å²) in [4.78, 5) is 16.5. The van der Waals surface area contributed by atoms with Crippen molar-refractivity contribution >= 4 is 11.7 Å². The number of anilines is 1. The van der Waals surface area contributed by atoms with Gasteiger partial charge in [-0.15, -0.1) is 0 Å². The standard InChI is InChI=1S/C18H28FN3O/c1-3-4-11-21(2)14-15-9-12-22(13-10-15)18(23)20-17-7-5-16(19)6-8-17/h5-8,15H,3-4,9-14H2,1-2H3,(H,20,23). The van der Waals surface area contributed by atoms with Crippen LogP contribution in [0.5, 0.6) is 0 Å². The highest BCUT2D eigenvalue weighted by atomic mass is 19.1. The highest BCUT2D eigenvalue weighted by Gasteiger charge is 2.23. The first-order chi connectivity index (χ1) is 11.1. The van der Waals surface area contributed by atoms with Crippen LogP contribution in [0.2, 0.25) is 0 Å². The van der Waals surface area contributed by atoms with Crippen molar-refractivity contribution in [2.24, 2.45) is 5.92 Å². The monoisotopic (exact) mass is 321 g/mol. The van der Waals surface area contributed by atoms with Gasteiger partial charge in [0, 0.05) is 25.3 Å². The number of piperidine rings is 1. The summed E-state index contributed by atoms with van der Waals surface area (Å²) in [6.07, 6.45) is 4.57. The molecule has 1 aromatic rings. The van der Waals surface area contributed by atoms with Gasteiger partial charge in [0.25, 0.3) is 0 Å². The molecule has 0 unspecified atom stereocenters. The summed E-state index contributed by atoms with van der Waals surface area (Å²) in [7, 11) is 2.18. The molecule has 1 saturated heterocycles. The highest BCUT2D eigenvalue weighted by Crippen LogP contribution is 2.19. The Labute approximate surface area is 138 Å². The zero-order chi connectivity index (χ0) is 16.7. The lowest BCUT2D eigenvalue weighted by Gasteiger charge is -2.34. The van der Waals surface area contributed by atoms with Crippen LogP contribution in [-0.4, -0.2) is 49.1 Å². The molecule has 0 aliphatic carbocycles. The zero-order valence-electron chi connectivity index (χ0n) is 14.2. The molecule has 23 heavy (non-hydrogen) atoms. The maximum atomic E-state index is 12.9. The van der Waals surface area contributed by atoms with Crippen molar-refractivity contribution in [2.45, 2.75) is 32.6 Å². The molecular formula is C18H28FN3O. The van der Waals surface area contributed by atoms with Crippen LogP contribution in [0, 0.1) is 11.7 Å². The summed E-state index contributed by atoms with van der Waals surface area (Å²) < 4.78 is 12.9. The van der Waals surface area contributed by atoms with E-state index in [2.05, 4.69) is 24.2 Å². The van der Waals surface area contributed by atoms with Crippen molar-refractivity contribution in [1.29, 1.82) is 0 Å². The van der Waals surface area contributed by atoms with Crippen LogP contribution in [0.25, 0.3) is 0 Å². The first kappa shape index (κ1) is 17.7. The normalized spacial score (nSPS) is 15.9. The maximum Gasteiger partial charge on any atom is 0.321 e. The Morgan fingerprint density at radius 3 is 2.57 bits per heavy atom. The van der Waals surface area contributed by atoms with Gasteiger partial charge in [-0.25, -0.2) is 9.18 Å². The summed E-state index contributed by atoms with van der Waals surface area (Å²) in [6.45, 7) is 6.07. The average Bonchev–Trinajstić information content (AvgIpc) is 2.55. The Bertz CT molecular complexity index is 484. The summed E-state index contributed by atoms with van der Waals surface area (Å²) in [5.41, 5.74) is 0.637. The van der Waals surface area contributed by atoms with Gasteiger partial charge in [0.15, 0.2) is 0 Å². The van der Waals surface area contributed by atoms with Crippen molar-refractivity contribution in [3.63, 3.8) is 0 Å². The second-order valence-corrected chi connectivity index (χ2v) is 6.48. The summed E-state index contributed by atoms with van der Waals surface area (Å²) >= 11 is 0. The Morgan fingerprint density at radius 1 is 1.30 bits per heavy atom. The number of unbranched alkanes of at least 4 members (excludes halogenated alkanes) is 1. The number of urea groups is 1. The van der Waals surface area contributed by atoms with E-state index in [9.17, 15) is 9.18 Å². The topological polar surface area (TPSA) is 35.6 Å². The van der Waals surface area contributed by atoms with E-state index in [1.807, 2.05) is 4.90 Å². The van der Waals surface area contributed by atoms with Crippen LogP contribution in [0.4, 0.5) is 14.9 Å². The lowest BCUT2D eigenvalue weighted by atomic mass is 9.96. The van der Waals surface area contributed by atoms with Crippen molar-refractivity contribution in [3.8, 4) is 0 Å². The Hall–Kier alpha value is -1.62. The van der Waals surface area contributed by atoms with Crippen molar-refractivity contribution in [2.75, 3.05) is 38.5 Å². The molecular weight excluding hydrogens is 293 g/mol. The van der Waals surface area contributed by atoms with E-state index in [1.165, 1.54) is 25.0 Å². The molecule has 0 atom stereocenters. The summed E-state index contributed by atoms with van der Waals surface area (Å²) in [6, 6.07) is 5.79. The molecule has 128 valence electrons. The smallest absolute Gasteiger partial charge is 0.321 e. The van der Waals surface area contributed by atoms with Gasteiger partial charge in [0.05, 0.1) is 0 Å². The first-order valence-corrected chi connectivity index (χ1v) is 8.58. The number of hydrogen-bond donors (Lipinski definition) is 1. The van der Waals surface area contributed by atoms with Crippen LogP contribution >= 0.6 is 0 Å². The summed E-state index contributed by atoms with van der Waals surface area (Å²) in [5.74, 6) is 0.378. The average molecular weight is 321 g/mol. The molecule has 1 aromatic carbocycles. The number of nitrogens with one attached hydrogen (secondary N) is 1. The minimum atomic E-state index is -0.295. The van der Waals surface area contributed by atoms with Gasteiger partial charge in [-0.1, -0.05) is 13.3 Å². The number of hydrogen-bond acceptors (Lipinski definition) is 2. The Kier molecular flexibility index (Phi) is 6.84. The fraction of sp³-hybridized carbons (Fsp3) is 0.611. The van der Waals surface area contributed by atoms with Gasteiger partial charge in [-0.2, -0.15) is 0 Å². The van der Waals surface area contributed by atoms with E-state index >= 15 is 0 Å². The van der Waals surface area contributed by atoms with Crippen LogP contribution in [0.3, 0.4) is 0 Å². The SMILES string of the molecule is CCCCN(C)CC1CCN(C(=O)Nc2ccc(F)cc2)CC1. The number of benzene rings is 1. The minimum absolute atomic E-state index is 0.0885. The van der Waals surface area contributed by atoms with Gasteiger partial charge < -0.3 is 15.1 Å². The van der Waals surface area contributed by atoms with Gasteiger partial charge in [0.2, 0.25) is 0 Å². The van der Waals surface area contributed by atoms with Gasteiger partial charge in [-0.3, -0.25) is 0 Å². The molecule has 0 spiro atoms. The predicted molar refractivity (Wildman–Crippen MR) is 92.1 cm³/mol. The Balaban J connectivity index is 1.73. The number of halogens is 1. The third-order valence-electron chi connectivity index (χ3n) is 4.46. The fourth-order valence-electron chi connectivity index (χ4n) is 3.01. The number of carbonyl (C=O) groups excluding carboxylic acids is 1. The minimum Gasteiger partial charge on any atom is -0.325 e. The van der Waals surface area contributed by atoms with Crippen LogP contribution in [0.15, 0.2) is 24.3 Å². The van der Waals surface area contributed by atoms with E-state index in [4.69, 9.17) is 0 Å². The number of nitrogens with zero attached hydrogens (tertiary/aromatic N) is 2. The van der Waals surface area contributed by atoms with Crippen LogP contribution in [0.1, 0.15) is 32.6 Å². The molecule has 0 aromatic heterocycles. The van der Waals surface area contributed by atoms with Gasteiger partial charge >= 0.3 is 6.03 Å². The Morgan fingerprint density at radius 2 is 1.96 bits per heavy atom. The van der Waals surface area contributed by atoms with E-state index < -0.39 is 0 Å².